The monoisotopic (exact) mass is 239 g/mol. The lowest BCUT2D eigenvalue weighted by molar-refractivity contribution is -0.150. The van der Waals surface area contributed by atoms with Crippen LogP contribution in [0.2, 0.25) is 0 Å². The fourth-order valence-electron chi connectivity index (χ4n) is 2.28. The second-order valence-electron chi connectivity index (χ2n) is 4.52. The van der Waals surface area contributed by atoms with E-state index in [1.807, 2.05) is 11.4 Å². The highest BCUT2D eigenvalue weighted by atomic mass is 32.1. The third-order valence-corrected chi connectivity index (χ3v) is 4.48. The molecule has 0 radical (unpaired) electrons. The van der Waals surface area contributed by atoms with E-state index in [-0.39, 0.29) is 6.54 Å². The van der Waals surface area contributed by atoms with Crippen molar-refractivity contribution in [3.8, 4) is 0 Å². The zero-order valence-corrected chi connectivity index (χ0v) is 10.0. The lowest BCUT2D eigenvalue weighted by Gasteiger charge is -2.27. The SMILES string of the molecule is NCC(CCc1cccs1)(C(=O)O)C1CC1. The Morgan fingerprint density at radius 2 is 2.38 bits per heavy atom. The van der Waals surface area contributed by atoms with Gasteiger partial charge in [0.25, 0.3) is 0 Å². The van der Waals surface area contributed by atoms with Crippen LogP contribution in [0, 0.1) is 11.3 Å². The number of aryl methyl sites for hydroxylation is 1. The molecule has 0 spiro atoms. The summed E-state index contributed by atoms with van der Waals surface area (Å²) in [5, 5.41) is 11.4. The van der Waals surface area contributed by atoms with Gasteiger partial charge in [-0.15, -0.1) is 11.3 Å². The van der Waals surface area contributed by atoms with Crippen LogP contribution in [0.15, 0.2) is 17.5 Å². The molecule has 1 saturated carbocycles. The number of carboxylic acid groups (broad SMARTS) is 1. The summed E-state index contributed by atoms with van der Waals surface area (Å²) in [7, 11) is 0. The first-order valence-corrected chi connectivity index (χ1v) is 6.53. The van der Waals surface area contributed by atoms with Crippen molar-refractivity contribution in [2.24, 2.45) is 17.1 Å². The van der Waals surface area contributed by atoms with Crippen molar-refractivity contribution in [1.29, 1.82) is 0 Å². The predicted molar refractivity (Wildman–Crippen MR) is 64.5 cm³/mol. The average molecular weight is 239 g/mol. The van der Waals surface area contributed by atoms with Gasteiger partial charge in [0.05, 0.1) is 5.41 Å². The van der Waals surface area contributed by atoms with Crippen molar-refractivity contribution in [2.75, 3.05) is 6.54 Å². The Morgan fingerprint density at radius 3 is 2.81 bits per heavy atom. The summed E-state index contributed by atoms with van der Waals surface area (Å²) >= 11 is 1.68. The van der Waals surface area contributed by atoms with E-state index in [1.165, 1.54) is 4.88 Å². The van der Waals surface area contributed by atoms with Gasteiger partial charge >= 0.3 is 5.97 Å². The van der Waals surface area contributed by atoms with Crippen LogP contribution < -0.4 is 5.73 Å². The first-order chi connectivity index (χ1) is 7.69. The molecule has 3 N–H and O–H groups in total. The molecule has 1 aliphatic carbocycles. The maximum atomic E-state index is 11.4. The van der Waals surface area contributed by atoms with Gasteiger partial charge in [-0.1, -0.05) is 6.07 Å². The molecule has 4 heteroatoms. The molecule has 1 aromatic heterocycles. The van der Waals surface area contributed by atoms with Crippen LogP contribution in [0.4, 0.5) is 0 Å². The van der Waals surface area contributed by atoms with Gasteiger partial charge in [0.1, 0.15) is 0 Å². The van der Waals surface area contributed by atoms with Gasteiger partial charge in [-0.05, 0) is 43.0 Å². The third kappa shape index (κ3) is 2.13. The van der Waals surface area contributed by atoms with Gasteiger partial charge in [0.2, 0.25) is 0 Å². The standard InChI is InChI=1S/C12H17NO2S/c13-8-12(11(14)15,9-3-4-9)6-5-10-2-1-7-16-10/h1-2,7,9H,3-6,8,13H2,(H,14,15). The Bertz CT molecular complexity index is 359. The van der Waals surface area contributed by atoms with E-state index in [0.29, 0.717) is 12.3 Å². The molecule has 2 rings (SSSR count). The third-order valence-electron chi connectivity index (χ3n) is 3.55. The normalized spacial score (nSPS) is 19.3. The minimum atomic E-state index is -0.714. The van der Waals surface area contributed by atoms with Gasteiger partial charge in [0.15, 0.2) is 0 Å². The lowest BCUT2D eigenvalue weighted by Crippen LogP contribution is -2.41. The van der Waals surface area contributed by atoms with Crippen LogP contribution in [-0.4, -0.2) is 17.6 Å². The summed E-state index contributed by atoms with van der Waals surface area (Å²) in [6, 6.07) is 4.06. The van der Waals surface area contributed by atoms with Crippen molar-refractivity contribution in [2.45, 2.75) is 25.7 Å². The molecule has 0 aliphatic heterocycles. The highest BCUT2D eigenvalue weighted by Crippen LogP contribution is 2.48. The average Bonchev–Trinajstić information content (AvgIpc) is 2.97. The van der Waals surface area contributed by atoms with E-state index in [2.05, 4.69) is 6.07 Å². The molecule has 0 bridgehead atoms. The molecule has 0 saturated heterocycles. The molecule has 3 nitrogen and oxygen atoms in total. The largest absolute Gasteiger partial charge is 0.481 e. The smallest absolute Gasteiger partial charge is 0.311 e. The molecule has 88 valence electrons. The number of carbonyl (C=O) groups is 1. The first kappa shape index (κ1) is 11.6. The van der Waals surface area contributed by atoms with Gasteiger partial charge in [-0.3, -0.25) is 4.79 Å². The van der Waals surface area contributed by atoms with Gasteiger partial charge < -0.3 is 10.8 Å². The van der Waals surface area contributed by atoms with E-state index >= 15 is 0 Å². The number of rotatable bonds is 6. The van der Waals surface area contributed by atoms with Crippen LogP contribution >= 0.6 is 11.3 Å². The number of nitrogens with two attached hydrogens (primary N) is 1. The Morgan fingerprint density at radius 1 is 1.62 bits per heavy atom. The highest BCUT2D eigenvalue weighted by Gasteiger charge is 2.49. The summed E-state index contributed by atoms with van der Waals surface area (Å²) < 4.78 is 0. The maximum Gasteiger partial charge on any atom is 0.311 e. The number of hydrogen-bond acceptors (Lipinski definition) is 3. The number of aliphatic carboxylic acids is 1. The van der Waals surface area contributed by atoms with E-state index in [9.17, 15) is 9.90 Å². The van der Waals surface area contributed by atoms with E-state index in [1.54, 1.807) is 11.3 Å². The summed E-state index contributed by atoms with van der Waals surface area (Å²) in [5.74, 6) is -0.413. The lowest BCUT2D eigenvalue weighted by atomic mass is 9.78. The fourth-order valence-corrected chi connectivity index (χ4v) is 2.99. The fraction of sp³-hybridized carbons (Fsp3) is 0.583. The molecule has 16 heavy (non-hydrogen) atoms. The van der Waals surface area contributed by atoms with Crippen molar-refractivity contribution in [3.05, 3.63) is 22.4 Å². The molecule has 1 aliphatic rings. The van der Waals surface area contributed by atoms with Crippen LogP contribution in [0.3, 0.4) is 0 Å². The number of hydrogen-bond donors (Lipinski definition) is 2. The van der Waals surface area contributed by atoms with Crippen molar-refractivity contribution in [3.63, 3.8) is 0 Å². The van der Waals surface area contributed by atoms with E-state index < -0.39 is 11.4 Å². The molecule has 0 amide bonds. The molecule has 1 heterocycles. The number of thiophene rings is 1. The Kier molecular flexibility index (Phi) is 3.30. The van der Waals surface area contributed by atoms with Gasteiger partial charge in [-0.2, -0.15) is 0 Å². The van der Waals surface area contributed by atoms with E-state index in [4.69, 9.17) is 5.73 Å². The highest BCUT2D eigenvalue weighted by molar-refractivity contribution is 7.09. The Labute approximate surface area is 99.3 Å². The van der Waals surface area contributed by atoms with Crippen molar-refractivity contribution < 1.29 is 9.90 Å². The summed E-state index contributed by atoms with van der Waals surface area (Å²) in [6.07, 6.45) is 3.55. The second kappa shape index (κ2) is 4.55. The summed E-state index contributed by atoms with van der Waals surface area (Å²) in [5.41, 5.74) is 5.04. The maximum absolute atomic E-state index is 11.4. The first-order valence-electron chi connectivity index (χ1n) is 5.65. The molecule has 1 fully saturated rings. The quantitative estimate of drug-likeness (QED) is 0.799. The zero-order valence-electron chi connectivity index (χ0n) is 9.19. The van der Waals surface area contributed by atoms with Crippen LogP contribution in [0.1, 0.15) is 24.1 Å². The van der Waals surface area contributed by atoms with Crippen molar-refractivity contribution >= 4 is 17.3 Å². The minimum Gasteiger partial charge on any atom is -0.481 e. The Hall–Kier alpha value is -0.870. The zero-order chi connectivity index (χ0) is 11.6. The molecular formula is C12H17NO2S. The summed E-state index contributed by atoms with van der Waals surface area (Å²) in [6.45, 7) is 0.262. The topological polar surface area (TPSA) is 63.3 Å². The molecule has 1 aromatic rings. The predicted octanol–water partition coefficient (Wildman–Crippen LogP) is 2.12. The van der Waals surface area contributed by atoms with Gasteiger partial charge in [0, 0.05) is 11.4 Å². The molecule has 0 aromatic carbocycles. The van der Waals surface area contributed by atoms with Crippen LogP contribution in [0.25, 0.3) is 0 Å². The van der Waals surface area contributed by atoms with Crippen molar-refractivity contribution in [1.82, 2.24) is 0 Å². The molecule has 1 atom stereocenters. The molecular weight excluding hydrogens is 222 g/mol. The second-order valence-corrected chi connectivity index (χ2v) is 5.55. The minimum absolute atomic E-state index is 0.262. The summed E-state index contributed by atoms with van der Waals surface area (Å²) in [4.78, 5) is 12.7. The van der Waals surface area contributed by atoms with Crippen LogP contribution in [0.5, 0.6) is 0 Å². The van der Waals surface area contributed by atoms with E-state index in [0.717, 1.165) is 19.3 Å². The molecule has 1 unspecified atom stereocenters. The Balaban J connectivity index is 2.04. The van der Waals surface area contributed by atoms with Gasteiger partial charge in [-0.25, -0.2) is 0 Å². The van der Waals surface area contributed by atoms with Crippen LogP contribution in [-0.2, 0) is 11.2 Å². The number of carboxylic acids is 1.